The maximum atomic E-state index is 13.5. The lowest BCUT2D eigenvalue weighted by atomic mass is 10.1. The van der Waals surface area contributed by atoms with E-state index in [9.17, 15) is 13.2 Å². The molecule has 6 rings (SSSR count). The third-order valence-corrected chi connectivity index (χ3v) is 9.22. The molecule has 11 heteroatoms. The number of halogens is 1. The number of aromatic nitrogens is 3. The molecule has 208 valence electrons. The maximum absolute atomic E-state index is 13.5. The Labute approximate surface area is 242 Å². The highest BCUT2D eigenvalue weighted by atomic mass is 35.5. The van der Waals surface area contributed by atoms with Gasteiger partial charge < -0.3 is 16.4 Å². The van der Waals surface area contributed by atoms with Crippen LogP contribution in [0.3, 0.4) is 0 Å². The van der Waals surface area contributed by atoms with E-state index in [0.717, 1.165) is 12.8 Å². The highest BCUT2D eigenvalue weighted by Gasteiger charge is 2.28. The molecule has 2 aromatic heterocycles. The number of nitrogen functional groups attached to an aromatic ring is 1. The van der Waals surface area contributed by atoms with Gasteiger partial charge in [0.15, 0.2) is 0 Å². The van der Waals surface area contributed by atoms with Crippen LogP contribution in [0.15, 0.2) is 96.2 Å². The minimum Gasteiger partial charge on any atom is -0.399 e. The first kappa shape index (κ1) is 26.8. The van der Waals surface area contributed by atoms with Crippen LogP contribution in [0, 0.1) is 0 Å². The molecule has 1 aliphatic carbocycles. The molecule has 0 aliphatic heterocycles. The number of fused-ring (bicyclic) bond motifs is 1. The predicted molar refractivity (Wildman–Crippen MR) is 160 cm³/mol. The van der Waals surface area contributed by atoms with Gasteiger partial charge in [-0.3, -0.25) is 4.79 Å². The minimum absolute atomic E-state index is 0.00509. The van der Waals surface area contributed by atoms with E-state index in [1.54, 1.807) is 72.9 Å². The molecule has 2 heterocycles. The van der Waals surface area contributed by atoms with Crippen LogP contribution < -0.4 is 16.4 Å². The van der Waals surface area contributed by atoms with Crippen molar-refractivity contribution < 1.29 is 13.2 Å². The lowest BCUT2D eigenvalue weighted by Crippen LogP contribution is -2.34. The van der Waals surface area contributed by atoms with E-state index in [1.165, 1.54) is 10.2 Å². The number of benzene rings is 3. The molecule has 9 nitrogen and oxygen atoms in total. The number of carbonyl (C=O) groups is 1. The lowest BCUT2D eigenvalue weighted by molar-refractivity contribution is 0.0938. The average molecular weight is 587 g/mol. The number of carbonyl (C=O) groups excluding carboxylic acids is 1. The van der Waals surface area contributed by atoms with Crippen LogP contribution in [0.25, 0.3) is 22.2 Å². The molecule has 0 unspecified atom stereocenters. The van der Waals surface area contributed by atoms with Crippen molar-refractivity contribution in [2.75, 3.05) is 11.1 Å². The highest BCUT2D eigenvalue weighted by molar-refractivity contribution is 7.90. The van der Waals surface area contributed by atoms with Gasteiger partial charge in [0, 0.05) is 40.5 Å². The average Bonchev–Trinajstić information content (AvgIpc) is 3.59. The number of anilines is 2. The van der Waals surface area contributed by atoms with Crippen LogP contribution in [0.1, 0.15) is 29.6 Å². The van der Waals surface area contributed by atoms with Crippen LogP contribution >= 0.6 is 11.6 Å². The van der Waals surface area contributed by atoms with Gasteiger partial charge in [0.05, 0.1) is 27.3 Å². The molecule has 1 fully saturated rings. The summed E-state index contributed by atoms with van der Waals surface area (Å²) in [5, 5.41) is 7.45. The molecule has 0 spiro atoms. The fraction of sp³-hybridized carbons (Fsp3) is 0.167. The van der Waals surface area contributed by atoms with Gasteiger partial charge in [0.2, 0.25) is 5.95 Å². The van der Waals surface area contributed by atoms with Crippen LogP contribution in [0.4, 0.5) is 11.6 Å². The van der Waals surface area contributed by atoms with Gasteiger partial charge in [-0.05, 0) is 61.7 Å². The minimum atomic E-state index is -3.86. The van der Waals surface area contributed by atoms with Crippen molar-refractivity contribution in [3.05, 3.63) is 102 Å². The van der Waals surface area contributed by atoms with Crippen LogP contribution in [0.2, 0.25) is 5.02 Å². The molecule has 4 N–H and O–H groups in total. The van der Waals surface area contributed by atoms with Crippen molar-refractivity contribution in [2.24, 2.45) is 0 Å². The van der Waals surface area contributed by atoms with E-state index in [4.69, 9.17) is 22.3 Å². The summed E-state index contributed by atoms with van der Waals surface area (Å²) in [7, 11) is -3.86. The zero-order chi connectivity index (χ0) is 28.6. The molecule has 1 saturated carbocycles. The summed E-state index contributed by atoms with van der Waals surface area (Å²) in [6.07, 6.45) is 5.41. The molecule has 0 saturated heterocycles. The second kappa shape index (κ2) is 10.9. The fourth-order valence-corrected chi connectivity index (χ4v) is 6.78. The van der Waals surface area contributed by atoms with Crippen molar-refractivity contribution in [2.45, 2.75) is 36.2 Å². The Kier molecular flexibility index (Phi) is 7.10. The molecule has 0 radical (unpaired) electrons. The van der Waals surface area contributed by atoms with Gasteiger partial charge >= 0.3 is 0 Å². The van der Waals surface area contributed by atoms with E-state index in [0.29, 0.717) is 50.8 Å². The Bertz CT molecular complexity index is 1840. The Morgan fingerprint density at radius 2 is 1.66 bits per heavy atom. The number of nitrogens with one attached hydrogen (secondary N) is 2. The summed E-state index contributed by atoms with van der Waals surface area (Å²) in [5.41, 5.74) is 8.42. The number of hydrogen-bond donors (Lipinski definition) is 3. The third-order valence-electron chi connectivity index (χ3n) is 7.25. The summed E-state index contributed by atoms with van der Waals surface area (Å²) in [6, 6.07) is 22.4. The van der Waals surface area contributed by atoms with E-state index in [-0.39, 0.29) is 22.9 Å². The molecular weight excluding hydrogens is 560 g/mol. The van der Waals surface area contributed by atoms with E-state index >= 15 is 0 Å². The standard InChI is InChI=1S/C30H27ClN6O3S/c31-26-17-33-30(35-22-15-14-21(16-22)34-29(38)19-10-12-20(32)13-11-19)36-28(26)25-18-37(27-9-5-4-8-24(25)27)41(39,40)23-6-2-1-3-7-23/h1-13,17-18,21-22H,14-16,32H2,(H,34,38)(H,33,35,36)/t21-,22+/m1/s1. The van der Waals surface area contributed by atoms with Gasteiger partial charge in [0.1, 0.15) is 0 Å². The molecule has 5 aromatic rings. The van der Waals surface area contributed by atoms with Gasteiger partial charge in [-0.15, -0.1) is 0 Å². The quantitative estimate of drug-likeness (QED) is 0.219. The second-order valence-electron chi connectivity index (χ2n) is 10.0. The van der Waals surface area contributed by atoms with Crippen LogP contribution in [-0.4, -0.2) is 40.3 Å². The predicted octanol–water partition coefficient (Wildman–Crippen LogP) is 5.33. The third kappa shape index (κ3) is 5.36. The Morgan fingerprint density at radius 3 is 2.44 bits per heavy atom. The molecule has 1 amide bonds. The first-order valence-electron chi connectivity index (χ1n) is 13.2. The largest absolute Gasteiger partial charge is 0.399 e. The number of nitrogens with zero attached hydrogens (tertiary/aromatic N) is 3. The Hall–Kier alpha value is -4.41. The van der Waals surface area contributed by atoms with Gasteiger partial charge in [0.25, 0.3) is 15.9 Å². The summed E-state index contributed by atoms with van der Waals surface area (Å²) in [5.74, 6) is 0.241. The van der Waals surface area contributed by atoms with Gasteiger partial charge in [-0.1, -0.05) is 48.0 Å². The summed E-state index contributed by atoms with van der Waals surface area (Å²) >= 11 is 6.57. The number of amides is 1. The number of hydrogen-bond acceptors (Lipinski definition) is 7. The zero-order valence-electron chi connectivity index (χ0n) is 21.9. The summed E-state index contributed by atoms with van der Waals surface area (Å²) < 4.78 is 28.3. The first-order valence-corrected chi connectivity index (χ1v) is 15.0. The molecule has 2 atom stereocenters. The number of para-hydroxylation sites is 1. The molecule has 0 bridgehead atoms. The molecule has 1 aliphatic rings. The van der Waals surface area contributed by atoms with Crippen LogP contribution in [0.5, 0.6) is 0 Å². The van der Waals surface area contributed by atoms with Gasteiger partial charge in [-0.2, -0.15) is 0 Å². The molecule has 3 aromatic carbocycles. The van der Waals surface area contributed by atoms with E-state index in [2.05, 4.69) is 15.6 Å². The topological polar surface area (TPSA) is 132 Å². The molecule has 41 heavy (non-hydrogen) atoms. The normalized spacial score (nSPS) is 17.0. The van der Waals surface area contributed by atoms with Crippen molar-refractivity contribution in [3.63, 3.8) is 0 Å². The first-order chi connectivity index (χ1) is 19.8. The SMILES string of the molecule is Nc1ccc(C(=O)N[C@@H]2CC[C@H](Nc3ncc(Cl)c(-c4cn(S(=O)(=O)c5ccccc5)c5ccccc45)n3)C2)cc1. The lowest BCUT2D eigenvalue weighted by Gasteiger charge is -2.15. The van der Waals surface area contributed by atoms with Crippen molar-refractivity contribution in [3.8, 4) is 11.3 Å². The fourth-order valence-electron chi connectivity index (χ4n) is 5.20. The summed E-state index contributed by atoms with van der Waals surface area (Å²) in [6.45, 7) is 0. The summed E-state index contributed by atoms with van der Waals surface area (Å²) in [4.78, 5) is 21.9. The van der Waals surface area contributed by atoms with Crippen molar-refractivity contribution in [1.82, 2.24) is 19.3 Å². The zero-order valence-corrected chi connectivity index (χ0v) is 23.4. The maximum Gasteiger partial charge on any atom is 0.268 e. The Balaban J connectivity index is 1.24. The highest BCUT2D eigenvalue weighted by Crippen LogP contribution is 2.36. The second-order valence-corrected chi connectivity index (χ2v) is 12.2. The number of nitrogens with two attached hydrogens (primary N) is 1. The van der Waals surface area contributed by atoms with E-state index in [1.807, 2.05) is 12.1 Å². The van der Waals surface area contributed by atoms with E-state index < -0.39 is 10.0 Å². The Morgan fingerprint density at radius 1 is 0.951 bits per heavy atom. The monoisotopic (exact) mass is 586 g/mol. The smallest absolute Gasteiger partial charge is 0.268 e. The van der Waals surface area contributed by atoms with Crippen molar-refractivity contribution in [1.29, 1.82) is 0 Å². The number of rotatable bonds is 7. The molecular formula is C30H27ClN6O3S. The van der Waals surface area contributed by atoms with Crippen LogP contribution in [-0.2, 0) is 10.0 Å². The van der Waals surface area contributed by atoms with Gasteiger partial charge in [-0.25, -0.2) is 22.4 Å². The van der Waals surface area contributed by atoms with Crippen molar-refractivity contribution >= 4 is 50.1 Å².